The van der Waals surface area contributed by atoms with Crippen molar-refractivity contribution in [3.05, 3.63) is 18.2 Å². The maximum absolute atomic E-state index is 12.5. The zero-order valence-electron chi connectivity index (χ0n) is 14.2. The second-order valence-corrected chi connectivity index (χ2v) is 6.01. The molecule has 2 unspecified atom stereocenters. The highest BCUT2D eigenvalue weighted by atomic mass is 16.5. The second-order valence-electron chi connectivity index (χ2n) is 6.01. The Morgan fingerprint density at radius 1 is 1.33 bits per heavy atom. The van der Waals surface area contributed by atoms with Gasteiger partial charge in [0, 0.05) is 24.8 Å². The summed E-state index contributed by atoms with van der Waals surface area (Å²) in [5, 5.41) is 12.0. The normalized spacial score (nSPS) is 20.4. The maximum atomic E-state index is 12.5. The van der Waals surface area contributed by atoms with E-state index in [0.29, 0.717) is 36.8 Å². The number of carboxylic acid groups (broad SMARTS) is 1. The molecular formula is C17H24N2O5. The Kier molecular flexibility index (Phi) is 5.89. The monoisotopic (exact) mass is 336 g/mol. The number of methoxy groups -OCH3 is 1. The van der Waals surface area contributed by atoms with Crippen LogP contribution in [0.5, 0.6) is 11.5 Å². The average molecular weight is 336 g/mol. The summed E-state index contributed by atoms with van der Waals surface area (Å²) in [5.41, 5.74) is 0.578. The van der Waals surface area contributed by atoms with Crippen LogP contribution >= 0.6 is 0 Å². The third kappa shape index (κ3) is 4.31. The number of urea groups is 1. The number of ether oxygens (including phenoxy) is 2. The van der Waals surface area contributed by atoms with Crippen LogP contribution in [-0.2, 0) is 4.79 Å². The summed E-state index contributed by atoms with van der Waals surface area (Å²) in [6.07, 6.45) is 0.593. The molecule has 2 rings (SSSR count). The van der Waals surface area contributed by atoms with Gasteiger partial charge in [-0.05, 0) is 31.4 Å². The Bertz CT molecular complexity index is 605. The minimum atomic E-state index is -0.859. The highest BCUT2D eigenvalue weighted by molar-refractivity contribution is 5.90. The first-order valence-corrected chi connectivity index (χ1v) is 8.04. The lowest BCUT2D eigenvalue weighted by molar-refractivity contribution is -0.143. The van der Waals surface area contributed by atoms with Gasteiger partial charge >= 0.3 is 12.0 Å². The van der Waals surface area contributed by atoms with E-state index in [0.717, 1.165) is 0 Å². The summed E-state index contributed by atoms with van der Waals surface area (Å²) in [4.78, 5) is 25.2. The van der Waals surface area contributed by atoms with E-state index in [1.807, 2.05) is 13.8 Å². The van der Waals surface area contributed by atoms with E-state index in [2.05, 4.69) is 5.32 Å². The van der Waals surface area contributed by atoms with Crippen molar-refractivity contribution in [2.75, 3.05) is 32.1 Å². The van der Waals surface area contributed by atoms with Gasteiger partial charge in [-0.15, -0.1) is 0 Å². The summed E-state index contributed by atoms with van der Waals surface area (Å²) in [6.45, 7) is 5.07. The molecule has 0 bridgehead atoms. The summed E-state index contributed by atoms with van der Waals surface area (Å²) in [5.74, 6) is -0.0853. The summed E-state index contributed by atoms with van der Waals surface area (Å²) >= 11 is 0. The fourth-order valence-electron chi connectivity index (χ4n) is 2.92. The third-order valence-corrected chi connectivity index (χ3v) is 4.01. The highest BCUT2D eigenvalue weighted by Crippen LogP contribution is 2.30. The SMILES string of the molecule is CCOc1cc(NC(=O)N2CC(C)CC(C(=O)O)C2)ccc1OC. The summed E-state index contributed by atoms with van der Waals surface area (Å²) < 4.78 is 10.7. The first kappa shape index (κ1) is 17.9. The number of rotatable bonds is 5. The lowest BCUT2D eigenvalue weighted by Gasteiger charge is -2.34. The molecule has 2 atom stereocenters. The van der Waals surface area contributed by atoms with Crippen molar-refractivity contribution in [3.8, 4) is 11.5 Å². The van der Waals surface area contributed by atoms with Crippen LogP contribution in [0.15, 0.2) is 18.2 Å². The Labute approximate surface area is 141 Å². The molecule has 7 heteroatoms. The minimum Gasteiger partial charge on any atom is -0.493 e. The van der Waals surface area contributed by atoms with Gasteiger partial charge in [0.2, 0.25) is 0 Å². The average Bonchev–Trinajstić information content (AvgIpc) is 2.54. The number of carboxylic acids is 1. The van der Waals surface area contributed by atoms with Crippen LogP contribution in [0, 0.1) is 11.8 Å². The number of hydrogen-bond donors (Lipinski definition) is 2. The quantitative estimate of drug-likeness (QED) is 0.863. The van der Waals surface area contributed by atoms with Gasteiger partial charge in [0.25, 0.3) is 0 Å². The van der Waals surface area contributed by atoms with Crippen molar-refractivity contribution in [1.29, 1.82) is 0 Å². The molecule has 1 aliphatic rings. The number of carbonyl (C=O) groups excluding carboxylic acids is 1. The van der Waals surface area contributed by atoms with Crippen LogP contribution in [0.2, 0.25) is 0 Å². The molecule has 1 fully saturated rings. The predicted octanol–water partition coefficient (Wildman–Crippen LogP) is 2.67. The van der Waals surface area contributed by atoms with Gasteiger partial charge in [0.1, 0.15) is 0 Å². The van der Waals surface area contributed by atoms with Gasteiger partial charge in [-0.3, -0.25) is 4.79 Å². The number of aliphatic carboxylic acids is 1. The number of hydrogen-bond acceptors (Lipinski definition) is 4. The highest BCUT2D eigenvalue weighted by Gasteiger charge is 2.31. The van der Waals surface area contributed by atoms with Gasteiger partial charge in [-0.2, -0.15) is 0 Å². The van der Waals surface area contributed by atoms with E-state index in [1.54, 1.807) is 30.2 Å². The predicted molar refractivity (Wildman–Crippen MR) is 89.7 cm³/mol. The molecule has 1 aromatic carbocycles. The molecule has 2 amide bonds. The van der Waals surface area contributed by atoms with Gasteiger partial charge in [0.15, 0.2) is 11.5 Å². The number of carbonyl (C=O) groups is 2. The van der Waals surface area contributed by atoms with E-state index in [1.165, 1.54) is 0 Å². The van der Waals surface area contributed by atoms with E-state index >= 15 is 0 Å². The van der Waals surface area contributed by atoms with Crippen LogP contribution in [0.3, 0.4) is 0 Å². The maximum Gasteiger partial charge on any atom is 0.321 e. The van der Waals surface area contributed by atoms with Gasteiger partial charge in [-0.1, -0.05) is 6.92 Å². The van der Waals surface area contributed by atoms with Crippen LogP contribution in [-0.4, -0.2) is 48.8 Å². The lowest BCUT2D eigenvalue weighted by atomic mass is 9.91. The fourth-order valence-corrected chi connectivity index (χ4v) is 2.92. The van der Waals surface area contributed by atoms with Crippen LogP contribution < -0.4 is 14.8 Å². The minimum absolute atomic E-state index is 0.153. The molecular weight excluding hydrogens is 312 g/mol. The second kappa shape index (κ2) is 7.90. The zero-order chi connectivity index (χ0) is 17.7. The molecule has 24 heavy (non-hydrogen) atoms. The number of piperidine rings is 1. The molecule has 0 saturated carbocycles. The van der Waals surface area contributed by atoms with Gasteiger partial charge in [-0.25, -0.2) is 4.79 Å². The van der Waals surface area contributed by atoms with E-state index in [-0.39, 0.29) is 18.5 Å². The largest absolute Gasteiger partial charge is 0.493 e. The van der Waals surface area contributed by atoms with Crippen molar-refractivity contribution < 1.29 is 24.2 Å². The first-order valence-electron chi connectivity index (χ1n) is 8.04. The molecule has 7 nitrogen and oxygen atoms in total. The number of likely N-dealkylation sites (tertiary alicyclic amines) is 1. The van der Waals surface area contributed by atoms with Gasteiger partial charge in [0.05, 0.1) is 19.6 Å². The van der Waals surface area contributed by atoms with Crippen LogP contribution in [0.25, 0.3) is 0 Å². The topological polar surface area (TPSA) is 88.1 Å². The molecule has 0 spiro atoms. The van der Waals surface area contributed by atoms with Crippen molar-refractivity contribution in [1.82, 2.24) is 4.90 Å². The zero-order valence-corrected chi connectivity index (χ0v) is 14.2. The molecule has 0 aromatic heterocycles. The number of nitrogens with zero attached hydrogens (tertiary/aromatic N) is 1. The summed E-state index contributed by atoms with van der Waals surface area (Å²) in [6, 6.07) is 4.84. The Hall–Kier alpha value is -2.44. The smallest absolute Gasteiger partial charge is 0.321 e. The van der Waals surface area contributed by atoms with E-state index in [4.69, 9.17) is 9.47 Å². The Balaban J connectivity index is 2.08. The van der Waals surface area contributed by atoms with E-state index in [9.17, 15) is 14.7 Å². The van der Waals surface area contributed by atoms with Crippen molar-refractivity contribution in [3.63, 3.8) is 0 Å². The molecule has 0 aliphatic carbocycles. The molecule has 1 heterocycles. The standard InChI is InChI=1S/C17H24N2O5/c1-4-24-15-8-13(5-6-14(15)23-3)18-17(22)19-9-11(2)7-12(10-19)16(20)21/h5-6,8,11-12H,4,7,9-10H2,1-3H3,(H,18,22)(H,20,21). The number of amides is 2. The molecule has 1 aliphatic heterocycles. The van der Waals surface area contributed by atoms with Crippen LogP contribution in [0.4, 0.5) is 10.5 Å². The fraction of sp³-hybridized carbons (Fsp3) is 0.529. The Morgan fingerprint density at radius 2 is 2.08 bits per heavy atom. The molecule has 132 valence electrons. The van der Waals surface area contributed by atoms with Crippen LogP contribution in [0.1, 0.15) is 20.3 Å². The number of anilines is 1. The summed E-state index contributed by atoms with van der Waals surface area (Å²) in [7, 11) is 1.55. The molecule has 2 N–H and O–H groups in total. The molecule has 0 radical (unpaired) electrons. The van der Waals surface area contributed by atoms with Crippen molar-refractivity contribution >= 4 is 17.7 Å². The first-order chi connectivity index (χ1) is 11.4. The van der Waals surface area contributed by atoms with Crippen molar-refractivity contribution in [2.24, 2.45) is 11.8 Å². The van der Waals surface area contributed by atoms with Gasteiger partial charge < -0.3 is 24.8 Å². The molecule has 1 aromatic rings. The number of nitrogens with one attached hydrogen (secondary N) is 1. The van der Waals surface area contributed by atoms with Crippen molar-refractivity contribution in [2.45, 2.75) is 20.3 Å². The lowest BCUT2D eigenvalue weighted by Crippen LogP contribution is -2.47. The molecule has 1 saturated heterocycles. The number of benzene rings is 1. The Morgan fingerprint density at radius 3 is 2.71 bits per heavy atom. The third-order valence-electron chi connectivity index (χ3n) is 4.01. The van der Waals surface area contributed by atoms with E-state index < -0.39 is 11.9 Å².